The van der Waals surface area contributed by atoms with Crippen LogP contribution in [0.3, 0.4) is 0 Å². The van der Waals surface area contributed by atoms with Gasteiger partial charge in [0.2, 0.25) is 5.82 Å². The predicted molar refractivity (Wildman–Crippen MR) is 56.5 cm³/mol. The zero-order valence-corrected chi connectivity index (χ0v) is 9.24. The highest BCUT2D eigenvalue weighted by molar-refractivity contribution is 5.55. The van der Waals surface area contributed by atoms with Gasteiger partial charge in [-0.2, -0.15) is 0 Å². The molecule has 0 fully saturated rings. The maximum absolute atomic E-state index is 10.6. The molecule has 0 aliphatic carbocycles. The number of aromatic nitrogens is 2. The van der Waals surface area contributed by atoms with Crippen molar-refractivity contribution in [3.8, 4) is 0 Å². The quantitative estimate of drug-likeness (QED) is 0.560. The van der Waals surface area contributed by atoms with E-state index < -0.39 is 4.92 Å². The second-order valence-electron chi connectivity index (χ2n) is 4.37. The molecule has 0 bridgehead atoms. The van der Waals surface area contributed by atoms with Crippen molar-refractivity contribution >= 4 is 11.5 Å². The summed E-state index contributed by atoms with van der Waals surface area (Å²) < 4.78 is 0. The number of nitrogen functional groups attached to an aromatic ring is 1. The SMILES string of the molecule is Cc1nc(C(C)(C)C)nc(N)c1[N+](=O)[O-]. The van der Waals surface area contributed by atoms with Gasteiger partial charge < -0.3 is 5.73 Å². The lowest BCUT2D eigenvalue weighted by Crippen LogP contribution is -2.18. The van der Waals surface area contributed by atoms with E-state index in [0.717, 1.165) is 0 Å². The second kappa shape index (κ2) is 3.45. The summed E-state index contributed by atoms with van der Waals surface area (Å²) in [5.74, 6) is 0.445. The highest BCUT2D eigenvalue weighted by atomic mass is 16.6. The summed E-state index contributed by atoms with van der Waals surface area (Å²) in [4.78, 5) is 18.1. The largest absolute Gasteiger partial charge is 0.378 e. The van der Waals surface area contributed by atoms with Crippen LogP contribution < -0.4 is 5.73 Å². The Balaban J connectivity index is 3.39. The Kier molecular flexibility index (Phi) is 2.61. The molecule has 0 aromatic carbocycles. The van der Waals surface area contributed by atoms with Crippen molar-refractivity contribution in [2.75, 3.05) is 5.73 Å². The highest BCUT2D eigenvalue weighted by Gasteiger charge is 2.24. The Hall–Kier alpha value is -1.72. The van der Waals surface area contributed by atoms with E-state index in [9.17, 15) is 10.1 Å². The number of aryl methyl sites for hydroxylation is 1. The first-order valence-electron chi connectivity index (χ1n) is 4.52. The number of anilines is 1. The molecule has 1 aromatic rings. The van der Waals surface area contributed by atoms with Crippen LogP contribution in [0.5, 0.6) is 0 Å². The molecule has 0 amide bonds. The number of nitrogens with two attached hydrogens (primary N) is 1. The average molecular weight is 210 g/mol. The lowest BCUT2D eigenvalue weighted by atomic mass is 9.95. The highest BCUT2D eigenvalue weighted by Crippen LogP contribution is 2.26. The first kappa shape index (κ1) is 11.4. The summed E-state index contributed by atoms with van der Waals surface area (Å²) in [5.41, 5.74) is 5.35. The summed E-state index contributed by atoms with van der Waals surface area (Å²) in [7, 11) is 0. The summed E-state index contributed by atoms with van der Waals surface area (Å²) in [5, 5.41) is 10.6. The minimum Gasteiger partial charge on any atom is -0.378 e. The average Bonchev–Trinajstić information content (AvgIpc) is 1.99. The lowest BCUT2D eigenvalue weighted by Gasteiger charge is -2.17. The topological polar surface area (TPSA) is 94.9 Å². The van der Waals surface area contributed by atoms with Gasteiger partial charge in [-0.1, -0.05) is 20.8 Å². The maximum Gasteiger partial charge on any atom is 0.332 e. The normalized spacial score (nSPS) is 11.5. The van der Waals surface area contributed by atoms with Crippen LogP contribution in [-0.4, -0.2) is 14.9 Å². The fourth-order valence-electron chi connectivity index (χ4n) is 1.15. The van der Waals surface area contributed by atoms with Crippen LogP contribution in [0.15, 0.2) is 0 Å². The Morgan fingerprint density at radius 3 is 2.20 bits per heavy atom. The molecule has 6 nitrogen and oxygen atoms in total. The lowest BCUT2D eigenvalue weighted by molar-refractivity contribution is -0.385. The van der Waals surface area contributed by atoms with E-state index in [0.29, 0.717) is 11.5 Å². The summed E-state index contributed by atoms with van der Waals surface area (Å²) in [6.07, 6.45) is 0. The zero-order chi connectivity index (χ0) is 11.8. The number of hydrogen-bond donors (Lipinski definition) is 1. The Morgan fingerprint density at radius 1 is 1.33 bits per heavy atom. The molecule has 1 rings (SSSR count). The van der Waals surface area contributed by atoms with E-state index in [4.69, 9.17) is 5.73 Å². The predicted octanol–water partition coefficient (Wildman–Crippen LogP) is 1.57. The zero-order valence-electron chi connectivity index (χ0n) is 9.24. The smallest absolute Gasteiger partial charge is 0.332 e. The molecule has 0 atom stereocenters. The van der Waals surface area contributed by atoms with Crippen molar-refractivity contribution in [2.24, 2.45) is 0 Å². The van der Waals surface area contributed by atoms with Gasteiger partial charge in [-0.05, 0) is 6.92 Å². The molecule has 82 valence electrons. The van der Waals surface area contributed by atoms with Gasteiger partial charge in [-0.25, -0.2) is 9.97 Å². The van der Waals surface area contributed by atoms with E-state index in [1.165, 1.54) is 0 Å². The van der Waals surface area contributed by atoms with E-state index in [1.807, 2.05) is 20.8 Å². The van der Waals surface area contributed by atoms with Gasteiger partial charge in [-0.15, -0.1) is 0 Å². The first-order valence-corrected chi connectivity index (χ1v) is 4.52. The Morgan fingerprint density at radius 2 is 1.87 bits per heavy atom. The molecule has 2 N–H and O–H groups in total. The van der Waals surface area contributed by atoms with Crippen LogP contribution in [0.4, 0.5) is 11.5 Å². The van der Waals surface area contributed by atoms with E-state index in [-0.39, 0.29) is 16.9 Å². The molecule has 0 saturated heterocycles. The third-order valence-corrected chi connectivity index (χ3v) is 1.94. The fraction of sp³-hybridized carbons (Fsp3) is 0.556. The van der Waals surface area contributed by atoms with Crippen LogP contribution in [0, 0.1) is 17.0 Å². The van der Waals surface area contributed by atoms with Gasteiger partial charge in [0.15, 0.2) is 0 Å². The number of rotatable bonds is 1. The Labute approximate surface area is 87.7 Å². The van der Waals surface area contributed by atoms with Crippen molar-refractivity contribution in [1.29, 1.82) is 0 Å². The molecule has 0 spiro atoms. The number of nitrogens with zero attached hydrogens (tertiary/aromatic N) is 3. The molecule has 1 heterocycles. The van der Waals surface area contributed by atoms with E-state index >= 15 is 0 Å². The standard InChI is InChI=1S/C9H14N4O2/c1-5-6(13(14)15)7(10)12-8(11-5)9(2,3)4/h1-4H3,(H2,10,11,12). The summed E-state index contributed by atoms with van der Waals surface area (Å²) >= 11 is 0. The fourth-order valence-corrected chi connectivity index (χ4v) is 1.15. The van der Waals surface area contributed by atoms with Gasteiger partial charge in [0.05, 0.1) is 4.92 Å². The molecular weight excluding hydrogens is 196 g/mol. The van der Waals surface area contributed by atoms with Gasteiger partial charge in [-0.3, -0.25) is 10.1 Å². The number of hydrogen-bond acceptors (Lipinski definition) is 5. The van der Waals surface area contributed by atoms with E-state index in [2.05, 4.69) is 9.97 Å². The van der Waals surface area contributed by atoms with Crippen molar-refractivity contribution in [3.63, 3.8) is 0 Å². The van der Waals surface area contributed by atoms with Gasteiger partial charge in [0.1, 0.15) is 11.5 Å². The molecule has 15 heavy (non-hydrogen) atoms. The summed E-state index contributed by atoms with van der Waals surface area (Å²) in [6, 6.07) is 0. The number of nitro groups is 1. The molecule has 1 aromatic heterocycles. The monoisotopic (exact) mass is 210 g/mol. The van der Waals surface area contributed by atoms with Crippen LogP contribution in [-0.2, 0) is 5.41 Å². The van der Waals surface area contributed by atoms with Gasteiger partial charge >= 0.3 is 5.69 Å². The van der Waals surface area contributed by atoms with Crippen LogP contribution >= 0.6 is 0 Å². The van der Waals surface area contributed by atoms with Crippen LogP contribution in [0.2, 0.25) is 0 Å². The Bertz CT molecular complexity index is 386. The van der Waals surface area contributed by atoms with Crippen LogP contribution in [0.1, 0.15) is 32.3 Å². The molecule has 6 heteroatoms. The molecule has 0 aliphatic heterocycles. The van der Waals surface area contributed by atoms with Crippen molar-refractivity contribution in [3.05, 3.63) is 21.6 Å². The molecule has 0 unspecified atom stereocenters. The minimum absolute atomic E-state index is 0.0718. The summed E-state index contributed by atoms with van der Waals surface area (Å²) in [6.45, 7) is 7.33. The third-order valence-electron chi connectivity index (χ3n) is 1.94. The molecule has 0 saturated carbocycles. The second-order valence-corrected chi connectivity index (χ2v) is 4.37. The van der Waals surface area contributed by atoms with Crippen molar-refractivity contribution in [1.82, 2.24) is 9.97 Å². The van der Waals surface area contributed by atoms with Gasteiger partial charge in [0, 0.05) is 5.41 Å². The van der Waals surface area contributed by atoms with Crippen LogP contribution in [0.25, 0.3) is 0 Å². The maximum atomic E-state index is 10.6. The van der Waals surface area contributed by atoms with Crippen molar-refractivity contribution in [2.45, 2.75) is 33.1 Å². The molecule has 0 aliphatic rings. The van der Waals surface area contributed by atoms with E-state index in [1.54, 1.807) is 6.92 Å². The molecular formula is C9H14N4O2. The van der Waals surface area contributed by atoms with Crippen molar-refractivity contribution < 1.29 is 4.92 Å². The minimum atomic E-state index is -0.558. The van der Waals surface area contributed by atoms with Gasteiger partial charge in [0.25, 0.3) is 0 Å². The molecule has 0 radical (unpaired) electrons. The third kappa shape index (κ3) is 2.20. The first-order chi connectivity index (χ1) is 6.73.